The van der Waals surface area contributed by atoms with Crippen LogP contribution in [0.3, 0.4) is 0 Å². The zero-order valence-electron chi connectivity index (χ0n) is 8.76. The fraction of sp³-hybridized carbons (Fsp3) is 0.800. The topological polar surface area (TPSA) is 40.1 Å². The predicted molar refractivity (Wildman–Crippen MR) is 51.5 cm³/mol. The van der Waals surface area contributed by atoms with E-state index >= 15 is 0 Å². The van der Waals surface area contributed by atoms with Gasteiger partial charge in [0.1, 0.15) is 11.5 Å². The molecule has 1 rings (SSSR count). The summed E-state index contributed by atoms with van der Waals surface area (Å²) in [6.07, 6.45) is 0.591. The monoisotopic (exact) mass is 183 g/mol. The van der Waals surface area contributed by atoms with Crippen LogP contribution in [-0.2, 0) is 4.79 Å². The molecule has 1 aliphatic rings. The molecule has 0 aromatic carbocycles. The molecule has 1 saturated heterocycles. The summed E-state index contributed by atoms with van der Waals surface area (Å²) in [6.45, 7) is 6.26. The minimum absolute atomic E-state index is 0.0289. The number of carbonyl (C=O) groups excluding carboxylic acids is 1. The second-order valence-electron chi connectivity index (χ2n) is 4.58. The van der Waals surface area contributed by atoms with E-state index < -0.39 is 5.54 Å². The van der Waals surface area contributed by atoms with Crippen molar-refractivity contribution in [1.82, 2.24) is 0 Å². The van der Waals surface area contributed by atoms with Crippen LogP contribution in [0.15, 0.2) is 5.57 Å². The highest BCUT2D eigenvalue weighted by atomic mass is 16.5. The molecule has 2 atom stereocenters. The number of likely N-dealkylation sites (tertiary alicyclic amines) is 1. The van der Waals surface area contributed by atoms with Gasteiger partial charge in [-0.2, -0.15) is 0 Å². The Morgan fingerprint density at radius 2 is 2.15 bits per heavy atom. The van der Waals surface area contributed by atoms with Gasteiger partial charge in [-0.1, -0.05) is 6.92 Å². The quantitative estimate of drug-likeness (QED) is 0.324. The number of hydrogen-bond donors (Lipinski definition) is 0. The minimum atomic E-state index is -0.412. The van der Waals surface area contributed by atoms with Crippen molar-refractivity contribution in [2.24, 2.45) is 5.92 Å². The average Bonchev–Trinajstić information content (AvgIpc) is 2.02. The van der Waals surface area contributed by atoms with Gasteiger partial charge in [0.2, 0.25) is 0 Å². The van der Waals surface area contributed by atoms with Gasteiger partial charge in [-0.3, -0.25) is 0 Å². The summed E-state index contributed by atoms with van der Waals surface area (Å²) in [7, 11) is 1.68. The van der Waals surface area contributed by atoms with E-state index in [1.165, 1.54) is 0 Å². The molecule has 74 valence electrons. The minimum Gasteiger partial charge on any atom is -0.633 e. The van der Waals surface area contributed by atoms with Crippen molar-refractivity contribution in [2.75, 3.05) is 13.6 Å². The van der Waals surface area contributed by atoms with Crippen LogP contribution in [0.4, 0.5) is 0 Å². The van der Waals surface area contributed by atoms with Gasteiger partial charge in [-0.05, 0) is 13.8 Å². The molecule has 0 aromatic heterocycles. The van der Waals surface area contributed by atoms with Crippen molar-refractivity contribution in [1.29, 1.82) is 0 Å². The van der Waals surface area contributed by atoms with Gasteiger partial charge in [-0.25, -0.2) is 4.79 Å². The zero-order chi connectivity index (χ0) is 10.3. The van der Waals surface area contributed by atoms with E-state index in [0.717, 1.165) is 5.57 Å². The molecule has 3 heteroatoms. The Kier molecular flexibility index (Phi) is 2.37. The Hall–Kier alpha value is -0.630. The van der Waals surface area contributed by atoms with Crippen molar-refractivity contribution >= 4 is 5.94 Å². The smallest absolute Gasteiger partial charge is 0.124 e. The van der Waals surface area contributed by atoms with Gasteiger partial charge < -0.3 is 9.85 Å². The average molecular weight is 183 g/mol. The molecule has 0 aliphatic carbocycles. The van der Waals surface area contributed by atoms with E-state index in [-0.39, 0.29) is 10.6 Å². The number of rotatable bonds is 0. The highest BCUT2D eigenvalue weighted by Crippen LogP contribution is 2.39. The van der Waals surface area contributed by atoms with Gasteiger partial charge in [0.05, 0.1) is 13.6 Å². The molecule has 13 heavy (non-hydrogen) atoms. The third-order valence-electron chi connectivity index (χ3n) is 3.74. The lowest BCUT2D eigenvalue weighted by molar-refractivity contribution is -0.917. The standard InChI is InChI=1S/C10H17NO2/c1-8-9(7-12)5-6-11(4,13)10(8,2)3/h8H,5-6H2,1-4H3. The molecule has 3 nitrogen and oxygen atoms in total. The molecule has 1 heterocycles. The lowest BCUT2D eigenvalue weighted by Gasteiger charge is -2.57. The normalized spacial score (nSPS) is 38.5. The molecule has 2 unspecified atom stereocenters. The summed E-state index contributed by atoms with van der Waals surface area (Å²) in [5.41, 5.74) is 0.349. The fourth-order valence-corrected chi connectivity index (χ4v) is 1.81. The number of hydrogen-bond acceptors (Lipinski definition) is 2. The SMILES string of the molecule is CC1C(=C=O)CC[N+](C)([O-])C1(C)C. The highest BCUT2D eigenvalue weighted by Gasteiger charge is 2.44. The van der Waals surface area contributed by atoms with E-state index in [9.17, 15) is 10.0 Å². The Morgan fingerprint density at radius 1 is 1.62 bits per heavy atom. The van der Waals surface area contributed by atoms with Crippen LogP contribution in [0, 0.1) is 11.1 Å². The van der Waals surface area contributed by atoms with Crippen LogP contribution in [0.5, 0.6) is 0 Å². The van der Waals surface area contributed by atoms with E-state index in [1.807, 2.05) is 26.7 Å². The second-order valence-corrected chi connectivity index (χ2v) is 4.58. The molecule has 0 aromatic rings. The van der Waals surface area contributed by atoms with Crippen molar-refractivity contribution in [2.45, 2.75) is 32.7 Å². The van der Waals surface area contributed by atoms with E-state index in [1.54, 1.807) is 7.05 Å². The maximum Gasteiger partial charge on any atom is 0.124 e. The van der Waals surface area contributed by atoms with Crippen molar-refractivity contribution in [3.05, 3.63) is 10.8 Å². The van der Waals surface area contributed by atoms with Crippen LogP contribution in [-0.4, -0.2) is 29.7 Å². The van der Waals surface area contributed by atoms with E-state index in [0.29, 0.717) is 13.0 Å². The summed E-state index contributed by atoms with van der Waals surface area (Å²) < 4.78 is -0.265. The third kappa shape index (κ3) is 1.44. The third-order valence-corrected chi connectivity index (χ3v) is 3.74. The largest absolute Gasteiger partial charge is 0.633 e. The van der Waals surface area contributed by atoms with Crippen molar-refractivity contribution in [3.8, 4) is 0 Å². The first-order valence-corrected chi connectivity index (χ1v) is 4.63. The Bertz CT molecular complexity index is 262. The summed E-state index contributed by atoms with van der Waals surface area (Å²) in [6, 6.07) is 0. The molecule has 0 bridgehead atoms. The first-order valence-electron chi connectivity index (χ1n) is 4.63. The van der Waals surface area contributed by atoms with Crippen LogP contribution in [0.1, 0.15) is 27.2 Å². The van der Waals surface area contributed by atoms with Gasteiger partial charge in [0.15, 0.2) is 0 Å². The summed E-state index contributed by atoms with van der Waals surface area (Å²) in [5, 5.41) is 12.0. The molecule has 0 radical (unpaired) electrons. The first-order chi connectivity index (χ1) is 5.83. The maximum atomic E-state index is 12.0. The van der Waals surface area contributed by atoms with Gasteiger partial charge in [0.25, 0.3) is 0 Å². The molecule has 0 amide bonds. The highest BCUT2D eigenvalue weighted by molar-refractivity contribution is 5.54. The van der Waals surface area contributed by atoms with Crippen molar-refractivity contribution in [3.63, 3.8) is 0 Å². The first kappa shape index (κ1) is 10.5. The number of piperidine rings is 1. The molecule has 0 spiro atoms. The number of nitrogens with zero attached hydrogens (tertiary/aromatic N) is 1. The van der Waals surface area contributed by atoms with E-state index in [2.05, 4.69) is 0 Å². The number of hydroxylamine groups is 3. The Labute approximate surface area is 79.2 Å². The van der Waals surface area contributed by atoms with Crippen LogP contribution < -0.4 is 0 Å². The molecule has 1 fully saturated rings. The fourth-order valence-electron chi connectivity index (χ4n) is 1.81. The van der Waals surface area contributed by atoms with E-state index in [4.69, 9.17) is 0 Å². The summed E-state index contributed by atoms with van der Waals surface area (Å²) >= 11 is 0. The molecule has 1 aliphatic heterocycles. The Morgan fingerprint density at radius 3 is 2.62 bits per heavy atom. The molecule has 0 N–H and O–H groups in total. The molecular formula is C10H17NO2. The van der Waals surface area contributed by atoms with Crippen LogP contribution in [0.25, 0.3) is 0 Å². The predicted octanol–water partition coefficient (Wildman–Crippen LogP) is 1.51. The summed E-state index contributed by atoms with van der Waals surface area (Å²) in [4.78, 5) is 10.6. The maximum absolute atomic E-state index is 12.0. The second kappa shape index (κ2) is 2.95. The lowest BCUT2D eigenvalue weighted by Crippen LogP contribution is -2.61. The van der Waals surface area contributed by atoms with Crippen LogP contribution in [0.2, 0.25) is 0 Å². The lowest BCUT2D eigenvalue weighted by atomic mass is 9.77. The van der Waals surface area contributed by atoms with Crippen molar-refractivity contribution < 1.29 is 9.44 Å². The van der Waals surface area contributed by atoms with Crippen LogP contribution >= 0.6 is 0 Å². The number of quaternary nitrogens is 1. The van der Waals surface area contributed by atoms with Gasteiger partial charge >= 0.3 is 0 Å². The van der Waals surface area contributed by atoms with Gasteiger partial charge in [-0.15, -0.1) is 0 Å². The zero-order valence-corrected chi connectivity index (χ0v) is 8.76. The molecule has 0 saturated carbocycles. The molecular weight excluding hydrogens is 166 g/mol. The summed E-state index contributed by atoms with van der Waals surface area (Å²) in [5.74, 6) is 1.99. The Balaban J connectivity index is 3.06. The van der Waals surface area contributed by atoms with Gasteiger partial charge in [0, 0.05) is 17.9 Å².